The molecule has 0 radical (unpaired) electrons. The molecule has 7 nitrogen and oxygen atoms in total. The van der Waals surface area contributed by atoms with Gasteiger partial charge in [-0.05, 0) is 63.1 Å². The number of likely N-dealkylation sites (tertiary alicyclic amines) is 1. The second kappa shape index (κ2) is 6.87. The third kappa shape index (κ3) is 4.35. The lowest BCUT2D eigenvalue weighted by Gasteiger charge is -2.19. The van der Waals surface area contributed by atoms with E-state index < -0.39 is 17.7 Å². The summed E-state index contributed by atoms with van der Waals surface area (Å²) in [6, 6.07) is 6.02. The molecule has 0 aromatic heterocycles. The normalized spacial score (nSPS) is 17.9. The van der Waals surface area contributed by atoms with Crippen molar-refractivity contribution in [3.63, 3.8) is 0 Å². The molecule has 0 N–H and O–H groups in total. The second-order valence-corrected chi connectivity index (χ2v) is 6.37. The summed E-state index contributed by atoms with van der Waals surface area (Å²) >= 11 is 0. The lowest BCUT2D eigenvalue weighted by Crippen LogP contribution is -2.34. The standard InChI is InChI=1S/C16H20N2O5/c1-16(2,3)23-22-15(20)12-8-6-11(7-9-12)14(19)18-10-4-5-13(18)17-21/h6-9,13H,4-5,10H2,1-3H3. The smallest absolute Gasteiger partial charge is 0.313 e. The monoisotopic (exact) mass is 320 g/mol. The van der Waals surface area contributed by atoms with Gasteiger partial charge in [-0.25, -0.2) is 4.79 Å². The van der Waals surface area contributed by atoms with Crippen LogP contribution in [0.2, 0.25) is 0 Å². The van der Waals surface area contributed by atoms with Crippen LogP contribution >= 0.6 is 0 Å². The fourth-order valence-electron chi connectivity index (χ4n) is 2.22. The molecule has 0 spiro atoms. The fourth-order valence-corrected chi connectivity index (χ4v) is 2.22. The first-order valence-electron chi connectivity index (χ1n) is 7.45. The molecule has 124 valence electrons. The Balaban J connectivity index is 2.03. The summed E-state index contributed by atoms with van der Waals surface area (Å²) in [6.45, 7) is 5.79. The van der Waals surface area contributed by atoms with Crippen LogP contribution in [0.25, 0.3) is 0 Å². The highest BCUT2D eigenvalue weighted by molar-refractivity contribution is 5.96. The Morgan fingerprint density at radius 3 is 2.35 bits per heavy atom. The number of benzene rings is 1. The maximum atomic E-state index is 12.3. The van der Waals surface area contributed by atoms with Crippen molar-refractivity contribution in [3.05, 3.63) is 40.3 Å². The van der Waals surface area contributed by atoms with Crippen molar-refractivity contribution in [2.75, 3.05) is 6.54 Å². The van der Waals surface area contributed by atoms with Crippen LogP contribution in [0.5, 0.6) is 0 Å². The quantitative estimate of drug-likeness (QED) is 0.484. The molecule has 1 aliphatic heterocycles. The molecule has 1 atom stereocenters. The van der Waals surface area contributed by atoms with E-state index in [0.717, 1.165) is 6.42 Å². The van der Waals surface area contributed by atoms with E-state index in [2.05, 4.69) is 5.18 Å². The van der Waals surface area contributed by atoms with E-state index in [-0.39, 0.29) is 11.5 Å². The van der Waals surface area contributed by atoms with Gasteiger partial charge >= 0.3 is 5.97 Å². The number of carbonyl (C=O) groups excluding carboxylic acids is 2. The average molecular weight is 320 g/mol. The zero-order chi connectivity index (χ0) is 17.0. The summed E-state index contributed by atoms with van der Waals surface area (Å²) in [7, 11) is 0. The number of amides is 1. The SMILES string of the molecule is CC(C)(C)OOC(=O)c1ccc(C(=O)N2CCCC2N=O)cc1. The first-order chi connectivity index (χ1) is 10.8. The minimum absolute atomic E-state index is 0.266. The van der Waals surface area contributed by atoms with Crippen molar-refractivity contribution in [2.45, 2.75) is 45.4 Å². The number of rotatable bonds is 4. The summed E-state index contributed by atoms with van der Waals surface area (Å²) in [6.07, 6.45) is 0.743. The highest BCUT2D eigenvalue weighted by Crippen LogP contribution is 2.21. The highest BCUT2D eigenvalue weighted by Gasteiger charge is 2.30. The van der Waals surface area contributed by atoms with Gasteiger partial charge in [0.05, 0.1) is 5.56 Å². The van der Waals surface area contributed by atoms with Crippen LogP contribution in [0, 0.1) is 4.91 Å². The molecule has 1 aromatic rings. The number of nitrogens with zero attached hydrogens (tertiary/aromatic N) is 2. The Morgan fingerprint density at radius 1 is 1.17 bits per heavy atom. The van der Waals surface area contributed by atoms with Gasteiger partial charge in [-0.15, -0.1) is 4.91 Å². The van der Waals surface area contributed by atoms with E-state index in [1.54, 1.807) is 20.8 Å². The third-order valence-electron chi connectivity index (χ3n) is 3.34. The number of carbonyl (C=O) groups is 2. The topological polar surface area (TPSA) is 85.3 Å². The van der Waals surface area contributed by atoms with Crippen LogP contribution in [-0.4, -0.2) is 35.1 Å². The molecular weight excluding hydrogens is 300 g/mol. The molecule has 2 rings (SSSR count). The van der Waals surface area contributed by atoms with Crippen LogP contribution in [0.4, 0.5) is 0 Å². The van der Waals surface area contributed by atoms with Gasteiger partial charge in [-0.3, -0.25) is 9.68 Å². The number of nitroso groups, excluding NO2 is 1. The van der Waals surface area contributed by atoms with Crippen molar-refractivity contribution in [2.24, 2.45) is 5.18 Å². The highest BCUT2D eigenvalue weighted by atomic mass is 17.2. The lowest BCUT2D eigenvalue weighted by atomic mass is 10.1. The van der Waals surface area contributed by atoms with Crippen molar-refractivity contribution in [1.29, 1.82) is 0 Å². The molecule has 1 aromatic carbocycles. The molecule has 7 heteroatoms. The van der Waals surface area contributed by atoms with E-state index >= 15 is 0 Å². The average Bonchev–Trinajstić information content (AvgIpc) is 3.00. The van der Waals surface area contributed by atoms with Crippen LogP contribution in [0.1, 0.15) is 54.3 Å². The largest absolute Gasteiger partial charge is 0.373 e. The Bertz CT molecular complexity index is 591. The van der Waals surface area contributed by atoms with E-state index in [4.69, 9.17) is 9.78 Å². The van der Waals surface area contributed by atoms with Gasteiger partial charge in [-0.1, -0.05) is 0 Å². The summed E-state index contributed by atoms with van der Waals surface area (Å²) < 4.78 is 0. The molecule has 1 saturated heterocycles. The molecule has 1 amide bonds. The van der Waals surface area contributed by atoms with Gasteiger partial charge in [0.15, 0.2) is 6.17 Å². The van der Waals surface area contributed by atoms with Gasteiger partial charge in [0.2, 0.25) is 0 Å². The molecule has 1 unspecified atom stereocenters. The molecule has 1 heterocycles. The van der Waals surface area contributed by atoms with E-state index in [0.29, 0.717) is 18.5 Å². The maximum Gasteiger partial charge on any atom is 0.373 e. The van der Waals surface area contributed by atoms with E-state index in [1.165, 1.54) is 29.2 Å². The predicted octanol–water partition coefficient (Wildman–Crippen LogP) is 2.90. The first-order valence-corrected chi connectivity index (χ1v) is 7.45. The molecule has 1 fully saturated rings. The number of hydrogen-bond donors (Lipinski definition) is 0. The van der Waals surface area contributed by atoms with E-state index in [1.807, 2.05) is 0 Å². The summed E-state index contributed by atoms with van der Waals surface area (Å²) in [4.78, 5) is 46.0. The summed E-state index contributed by atoms with van der Waals surface area (Å²) in [5.41, 5.74) is 0.0733. The van der Waals surface area contributed by atoms with Crippen LogP contribution < -0.4 is 0 Å². The van der Waals surface area contributed by atoms with Crippen molar-refractivity contribution in [3.8, 4) is 0 Å². The molecule has 23 heavy (non-hydrogen) atoms. The van der Waals surface area contributed by atoms with Crippen LogP contribution in [0.15, 0.2) is 29.4 Å². The molecule has 0 aliphatic carbocycles. The Morgan fingerprint density at radius 2 is 1.78 bits per heavy atom. The van der Waals surface area contributed by atoms with Gasteiger partial charge in [-0.2, -0.15) is 4.89 Å². The molecule has 1 aliphatic rings. The first kappa shape index (κ1) is 17.1. The van der Waals surface area contributed by atoms with Crippen LogP contribution in [-0.2, 0) is 9.78 Å². The Hall–Kier alpha value is -2.28. The molecule has 0 saturated carbocycles. The van der Waals surface area contributed by atoms with Gasteiger partial charge in [0.25, 0.3) is 5.91 Å². The fraction of sp³-hybridized carbons (Fsp3) is 0.500. The predicted molar refractivity (Wildman–Crippen MR) is 82.5 cm³/mol. The Kier molecular flexibility index (Phi) is 5.10. The summed E-state index contributed by atoms with van der Waals surface area (Å²) in [5, 5.41) is 2.97. The van der Waals surface area contributed by atoms with Gasteiger partial charge < -0.3 is 4.90 Å². The van der Waals surface area contributed by atoms with Crippen LogP contribution in [0.3, 0.4) is 0 Å². The maximum absolute atomic E-state index is 12.3. The molecule has 0 bridgehead atoms. The van der Waals surface area contributed by atoms with Gasteiger partial charge in [0, 0.05) is 12.1 Å². The minimum Gasteiger partial charge on any atom is -0.313 e. The number of hydrogen-bond acceptors (Lipinski definition) is 6. The third-order valence-corrected chi connectivity index (χ3v) is 3.34. The van der Waals surface area contributed by atoms with Gasteiger partial charge in [0.1, 0.15) is 5.60 Å². The van der Waals surface area contributed by atoms with Crippen molar-refractivity contribution >= 4 is 11.9 Å². The zero-order valence-corrected chi connectivity index (χ0v) is 13.4. The second-order valence-electron chi connectivity index (χ2n) is 6.37. The Labute approximate surface area is 134 Å². The van der Waals surface area contributed by atoms with Crippen molar-refractivity contribution in [1.82, 2.24) is 4.90 Å². The molecular formula is C16H20N2O5. The van der Waals surface area contributed by atoms with E-state index in [9.17, 15) is 14.5 Å². The van der Waals surface area contributed by atoms with Crippen molar-refractivity contribution < 1.29 is 19.4 Å². The summed E-state index contributed by atoms with van der Waals surface area (Å²) in [5.74, 6) is -0.898. The lowest BCUT2D eigenvalue weighted by molar-refractivity contribution is -0.301. The minimum atomic E-state index is -0.632. The zero-order valence-electron chi connectivity index (χ0n) is 13.4.